The van der Waals surface area contributed by atoms with Crippen molar-refractivity contribution in [1.82, 2.24) is 0 Å². The van der Waals surface area contributed by atoms with Gasteiger partial charge in [-0.15, -0.1) is 0 Å². The van der Waals surface area contributed by atoms with Crippen LogP contribution in [0.2, 0.25) is 0 Å². The van der Waals surface area contributed by atoms with Crippen LogP contribution in [-0.4, -0.2) is 21.9 Å². The van der Waals surface area contributed by atoms with Gasteiger partial charge in [0.15, 0.2) is 0 Å². The first-order valence-electron chi connectivity index (χ1n) is 6.51. The molecule has 0 amide bonds. The molecule has 0 radical (unpaired) electrons. The molecule has 0 heterocycles. The van der Waals surface area contributed by atoms with Gasteiger partial charge >= 0.3 is 0 Å². The van der Waals surface area contributed by atoms with Crippen molar-refractivity contribution in [3.05, 3.63) is 0 Å². The SMILES string of the molecule is CCC(O)(CC)CC1CCCCCC1O. The number of aliphatic hydroxyl groups is 2. The van der Waals surface area contributed by atoms with Crippen LogP contribution < -0.4 is 0 Å². The summed E-state index contributed by atoms with van der Waals surface area (Å²) in [6.45, 7) is 4.07. The molecule has 1 aliphatic rings. The molecule has 15 heavy (non-hydrogen) atoms. The molecule has 1 rings (SSSR count). The summed E-state index contributed by atoms with van der Waals surface area (Å²) in [6.07, 6.45) is 7.80. The van der Waals surface area contributed by atoms with Crippen LogP contribution in [0.4, 0.5) is 0 Å². The molecule has 0 aromatic carbocycles. The van der Waals surface area contributed by atoms with Gasteiger partial charge in [-0.05, 0) is 38.0 Å². The molecular weight excluding hydrogens is 188 g/mol. The highest BCUT2D eigenvalue weighted by Crippen LogP contribution is 2.32. The van der Waals surface area contributed by atoms with Crippen LogP contribution in [0.1, 0.15) is 65.2 Å². The minimum Gasteiger partial charge on any atom is -0.393 e. The molecule has 0 saturated heterocycles. The molecule has 2 unspecified atom stereocenters. The highest BCUT2D eigenvalue weighted by atomic mass is 16.3. The monoisotopic (exact) mass is 214 g/mol. The van der Waals surface area contributed by atoms with Gasteiger partial charge in [0, 0.05) is 0 Å². The van der Waals surface area contributed by atoms with Gasteiger partial charge in [-0.3, -0.25) is 0 Å². The molecule has 0 aliphatic heterocycles. The van der Waals surface area contributed by atoms with Gasteiger partial charge in [0.1, 0.15) is 0 Å². The Morgan fingerprint density at radius 1 is 1.07 bits per heavy atom. The highest BCUT2D eigenvalue weighted by molar-refractivity contribution is 4.83. The van der Waals surface area contributed by atoms with Crippen LogP contribution in [0.15, 0.2) is 0 Å². The van der Waals surface area contributed by atoms with Gasteiger partial charge in [0.2, 0.25) is 0 Å². The lowest BCUT2D eigenvalue weighted by molar-refractivity contribution is -0.0199. The van der Waals surface area contributed by atoms with E-state index in [4.69, 9.17) is 0 Å². The summed E-state index contributed by atoms with van der Waals surface area (Å²) in [5, 5.41) is 20.3. The predicted molar refractivity (Wildman–Crippen MR) is 62.7 cm³/mol. The van der Waals surface area contributed by atoms with Crippen LogP contribution in [0, 0.1) is 5.92 Å². The Hall–Kier alpha value is -0.0800. The molecular formula is C13H26O2. The quantitative estimate of drug-likeness (QED) is 0.706. The highest BCUT2D eigenvalue weighted by Gasteiger charge is 2.31. The molecule has 0 aromatic heterocycles. The summed E-state index contributed by atoms with van der Waals surface area (Å²) in [5.74, 6) is 0.317. The molecule has 90 valence electrons. The van der Waals surface area contributed by atoms with E-state index in [1.54, 1.807) is 0 Å². The Bertz CT molecular complexity index is 175. The van der Waals surface area contributed by atoms with Gasteiger partial charge in [0.05, 0.1) is 11.7 Å². The van der Waals surface area contributed by atoms with E-state index in [0.29, 0.717) is 5.92 Å². The predicted octanol–water partition coefficient (Wildman–Crippen LogP) is 2.87. The summed E-state index contributed by atoms with van der Waals surface area (Å²) >= 11 is 0. The summed E-state index contributed by atoms with van der Waals surface area (Å²) in [7, 11) is 0. The van der Waals surface area contributed by atoms with E-state index in [-0.39, 0.29) is 6.10 Å². The van der Waals surface area contributed by atoms with Crippen molar-refractivity contribution in [2.45, 2.75) is 76.9 Å². The van der Waals surface area contributed by atoms with Crippen molar-refractivity contribution in [3.63, 3.8) is 0 Å². The van der Waals surface area contributed by atoms with Gasteiger partial charge in [-0.25, -0.2) is 0 Å². The molecule has 2 atom stereocenters. The Labute approximate surface area is 93.7 Å². The van der Waals surface area contributed by atoms with Crippen LogP contribution in [0.25, 0.3) is 0 Å². The smallest absolute Gasteiger partial charge is 0.0646 e. The van der Waals surface area contributed by atoms with E-state index in [2.05, 4.69) is 0 Å². The lowest BCUT2D eigenvalue weighted by atomic mass is 9.81. The maximum absolute atomic E-state index is 10.3. The summed E-state index contributed by atoms with van der Waals surface area (Å²) in [4.78, 5) is 0. The number of aliphatic hydroxyl groups excluding tert-OH is 1. The van der Waals surface area contributed by atoms with E-state index >= 15 is 0 Å². The van der Waals surface area contributed by atoms with E-state index in [0.717, 1.165) is 38.5 Å². The van der Waals surface area contributed by atoms with Crippen LogP contribution in [0.5, 0.6) is 0 Å². The largest absolute Gasteiger partial charge is 0.393 e. The van der Waals surface area contributed by atoms with Crippen molar-refractivity contribution >= 4 is 0 Å². The fourth-order valence-electron chi connectivity index (χ4n) is 2.63. The Morgan fingerprint density at radius 3 is 2.27 bits per heavy atom. The van der Waals surface area contributed by atoms with Gasteiger partial charge in [0.25, 0.3) is 0 Å². The Kier molecular flexibility index (Phi) is 5.07. The van der Waals surface area contributed by atoms with Crippen LogP contribution >= 0.6 is 0 Å². The zero-order valence-electron chi connectivity index (χ0n) is 10.2. The maximum atomic E-state index is 10.3. The first kappa shape index (κ1) is 13.0. The zero-order valence-corrected chi connectivity index (χ0v) is 10.2. The van der Waals surface area contributed by atoms with Crippen molar-refractivity contribution in [2.24, 2.45) is 5.92 Å². The van der Waals surface area contributed by atoms with Crippen molar-refractivity contribution in [3.8, 4) is 0 Å². The number of hydrogen-bond donors (Lipinski definition) is 2. The molecule has 2 N–H and O–H groups in total. The second kappa shape index (κ2) is 5.86. The van der Waals surface area contributed by atoms with Crippen molar-refractivity contribution < 1.29 is 10.2 Å². The normalized spacial score (nSPS) is 28.8. The molecule has 1 saturated carbocycles. The fourth-order valence-corrected chi connectivity index (χ4v) is 2.63. The lowest BCUT2D eigenvalue weighted by Crippen LogP contribution is -2.33. The fraction of sp³-hybridized carbons (Fsp3) is 1.00. The van der Waals surface area contributed by atoms with Gasteiger partial charge in [-0.1, -0.05) is 33.1 Å². The Balaban J connectivity index is 2.53. The van der Waals surface area contributed by atoms with Crippen LogP contribution in [-0.2, 0) is 0 Å². The first-order chi connectivity index (χ1) is 7.11. The molecule has 1 aliphatic carbocycles. The average molecular weight is 214 g/mol. The van der Waals surface area contributed by atoms with E-state index in [9.17, 15) is 10.2 Å². The molecule has 1 fully saturated rings. The molecule has 2 nitrogen and oxygen atoms in total. The zero-order chi connectivity index (χ0) is 11.3. The van der Waals surface area contributed by atoms with E-state index < -0.39 is 5.60 Å². The minimum atomic E-state index is -0.546. The number of rotatable bonds is 4. The maximum Gasteiger partial charge on any atom is 0.0646 e. The van der Waals surface area contributed by atoms with Gasteiger partial charge in [-0.2, -0.15) is 0 Å². The second-order valence-corrected chi connectivity index (χ2v) is 5.10. The van der Waals surface area contributed by atoms with Crippen LogP contribution in [0.3, 0.4) is 0 Å². The second-order valence-electron chi connectivity index (χ2n) is 5.10. The summed E-state index contributed by atoms with van der Waals surface area (Å²) in [5.41, 5.74) is -0.546. The molecule has 0 bridgehead atoms. The summed E-state index contributed by atoms with van der Waals surface area (Å²) in [6, 6.07) is 0. The first-order valence-corrected chi connectivity index (χ1v) is 6.51. The van der Waals surface area contributed by atoms with Gasteiger partial charge < -0.3 is 10.2 Å². The topological polar surface area (TPSA) is 40.5 Å². The average Bonchev–Trinajstić information content (AvgIpc) is 2.44. The van der Waals surface area contributed by atoms with Crippen molar-refractivity contribution in [2.75, 3.05) is 0 Å². The third-order valence-corrected chi connectivity index (χ3v) is 4.08. The Morgan fingerprint density at radius 2 is 1.67 bits per heavy atom. The molecule has 0 aromatic rings. The minimum absolute atomic E-state index is 0.183. The standard InChI is InChI=1S/C13H26O2/c1-3-13(15,4-2)10-11-8-6-5-7-9-12(11)14/h11-12,14-15H,3-10H2,1-2H3. The molecule has 0 spiro atoms. The third kappa shape index (κ3) is 3.76. The van der Waals surface area contributed by atoms with E-state index in [1.807, 2.05) is 13.8 Å². The molecule has 2 heteroatoms. The summed E-state index contributed by atoms with van der Waals surface area (Å²) < 4.78 is 0. The lowest BCUT2D eigenvalue weighted by Gasteiger charge is -2.31. The van der Waals surface area contributed by atoms with Crippen molar-refractivity contribution in [1.29, 1.82) is 0 Å². The number of hydrogen-bond acceptors (Lipinski definition) is 2. The third-order valence-electron chi connectivity index (χ3n) is 4.08. The van der Waals surface area contributed by atoms with E-state index in [1.165, 1.54) is 12.8 Å².